The van der Waals surface area contributed by atoms with Gasteiger partial charge in [0.15, 0.2) is 17.3 Å². The van der Waals surface area contributed by atoms with Crippen LogP contribution in [0.15, 0.2) is 52.5 Å². The van der Waals surface area contributed by atoms with Crippen molar-refractivity contribution in [3.63, 3.8) is 0 Å². The van der Waals surface area contributed by atoms with Crippen LogP contribution in [-0.2, 0) is 9.53 Å². The number of aromatic nitrogens is 1. The van der Waals surface area contributed by atoms with Crippen LogP contribution in [-0.4, -0.2) is 59.5 Å². The number of hydrogen-bond donors (Lipinski definition) is 3. The molecule has 0 radical (unpaired) electrons. The molecule has 0 aliphatic carbocycles. The molecule has 39 heavy (non-hydrogen) atoms. The second-order valence-electron chi connectivity index (χ2n) is 8.37. The number of nitrogens with one attached hydrogen (secondary N) is 1. The van der Waals surface area contributed by atoms with E-state index in [9.17, 15) is 14.3 Å². The maximum Gasteiger partial charge on any atom is 0.306 e. The summed E-state index contributed by atoms with van der Waals surface area (Å²) in [6, 6.07) is 8.90. The van der Waals surface area contributed by atoms with Gasteiger partial charge in [-0.05, 0) is 43.4 Å². The zero-order chi connectivity index (χ0) is 28.1. The van der Waals surface area contributed by atoms with E-state index in [1.807, 2.05) is 11.9 Å². The monoisotopic (exact) mass is 557 g/mol. The lowest BCUT2D eigenvalue weighted by Crippen LogP contribution is -2.19. The van der Waals surface area contributed by atoms with Crippen LogP contribution in [0, 0.1) is 17.0 Å². The van der Waals surface area contributed by atoms with Crippen LogP contribution >= 0.6 is 11.8 Å². The topological polar surface area (TPSA) is 143 Å². The molecule has 1 aliphatic rings. The molecule has 2 aromatic carbocycles. The standard InChI is InChI=1S/C26H25F2N5O5S/c1-33-9-8-31-25(33)16-12-15(39-10-7-21(35)36-2)4-6-19(16)37-23-17(27)13-32-26(22(23)28)38-20-11-14(24(29)30)3-5-18(20)34/h3-6,8,11-13,25,34H,7,9-10H2,1-2H3,(H3,29,30). The van der Waals surface area contributed by atoms with Crippen molar-refractivity contribution in [1.29, 1.82) is 5.41 Å². The molecule has 0 spiro atoms. The van der Waals surface area contributed by atoms with Gasteiger partial charge in [-0.15, -0.1) is 11.8 Å². The molecule has 4 rings (SSSR count). The molecule has 0 fully saturated rings. The van der Waals surface area contributed by atoms with E-state index < -0.39 is 29.4 Å². The fourth-order valence-electron chi connectivity index (χ4n) is 3.65. The van der Waals surface area contributed by atoms with E-state index in [-0.39, 0.29) is 41.0 Å². The highest BCUT2D eigenvalue weighted by Crippen LogP contribution is 2.41. The Bertz CT molecular complexity index is 1440. The van der Waals surface area contributed by atoms with E-state index in [2.05, 4.69) is 14.7 Å². The third kappa shape index (κ3) is 6.44. The largest absolute Gasteiger partial charge is 0.504 e. The number of nitrogens with zero attached hydrogens (tertiary/aromatic N) is 3. The highest BCUT2D eigenvalue weighted by Gasteiger charge is 2.26. The number of nitrogen functional groups attached to an aromatic ring is 1. The molecule has 2 heterocycles. The van der Waals surface area contributed by atoms with Gasteiger partial charge >= 0.3 is 5.97 Å². The van der Waals surface area contributed by atoms with Gasteiger partial charge in [0, 0.05) is 34.5 Å². The lowest BCUT2D eigenvalue weighted by molar-refractivity contribution is -0.140. The van der Waals surface area contributed by atoms with Crippen LogP contribution in [0.2, 0.25) is 0 Å². The Kier molecular flexibility index (Phi) is 8.62. The summed E-state index contributed by atoms with van der Waals surface area (Å²) < 4.78 is 46.0. The third-order valence-corrected chi connectivity index (χ3v) is 6.68. The Morgan fingerprint density at radius 1 is 1.23 bits per heavy atom. The molecule has 0 bridgehead atoms. The Balaban J connectivity index is 1.65. The fourth-order valence-corrected chi connectivity index (χ4v) is 4.53. The van der Waals surface area contributed by atoms with E-state index >= 15 is 4.39 Å². The number of rotatable bonds is 10. The zero-order valence-electron chi connectivity index (χ0n) is 21.0. The van der Waals surface area contributed by atoms with E-state index in [0.29, 0.717) is 17.9 Å². The molecule has 1 unspecified atom stereocenters. The van der Waals surface area contributed by atoms with Crippen LogP contribution in [0.4, 0.5) is 8.78 Å². The lowest BCUT2D eigenvalue weighted by Gasteiger charge is -2.22. The predicted octanol–water partition coefficient (Wildman–Crippen LogP) is 4.60. The highest BCUT2D eigenvalue weighted by atomic mass is 32.2. The molecule has 0 saturated heterocycles. The minimum absolute atomic E-state index is 0.152. The Morgan fingerprint density at radius 2 is 2.03 bits per heavy atom. The van der Waals surface area contributed by atoms with E-state index in [1.54, 1.807) is 24.4 Å². The first-order valence-electron chi connectivity index (χ1n) is 11.6. The van der Waals surface area contributed by atoms with Gasteiger partial charge in [0.25, 0.3) is 5.88 Å². The molecule has 0 saturated carbocycles. The number of aliphatic imine (C=N–C) groups is 1. The van der Waals surface area contributed by atoms with Gasteiger partial charge < -0.3 is 25.1 Å². The van der Waals surface area contributed by atoms with Gasteiger partial charge in [0.1, 0.15) is 17.8 Å². The summed E-state index contributed by atoms with van der Waals surface area (Å²) in [4.78, 5) is 22.3. The van der Waals surface area contributed by atoms with Crippen LogP contribution < -0.4 is 15.2 Å². The summed E-state index contributed by atoms with van der Waals surface area (Å²) in [5.74, 6) is -4.34. The summed E-state index contributed by atoms with van der Waals surface area (Å²) in [6.07, 6.45) is 2.22. The van der Waals surface area contributed by atoms with Gasteiger partial charge in [0.05, 0.1) is 19.7 Å². The number of thioether (sulfide) groups is 1. The SMILES string of the molecule is COC(=O)CCSc1ccc(Oc2c(F)cnc(Oc3cc(C(=N)N)ccc3O)c2F)c(C2N=CCN2C)c1. The molecule has 0 amide bonds. The fraction of sp³-hybridized carbons (Fsp3) is 0.231. The number of hydrogen-bond acceptors (Lipinski definition) is 10. The van der Waals surface area contributed by atoms with Crippen LogP contribution in [0.25, 0.3) is 0 Å². The first-order chi connectivity index (χ1) is 18.7. The summed E-state index contributed by atoms with van der Waals surface area (Å²) in [5.41, 5.74) is 6.24. The van der Waals surface area contributed by atoms with E-state index in [1.165, 1.54) is 37.1 Å². The molecule has 204 valence electrons. The number of halogens is 2. The lowest BCUT2D eigenvalue weighted by atomic mass is 10.1. The molecule has 1 atom stereocenters. The first kappa shape index (κ1) is 27.8. The van der Waals surface area contributed by atoms with Gasteiger partial charge in [-0.3, -0.25) is 20.1 Å². The second kappa shape index (κ2) is 12.1. The molecular formula is C26H25F2N5O5S. The first-order valence-corrected chi connectivity index (χ1v) is 12.6. The maximum absolute atomic E-state index is 15.4. The number of amidine groups is 1. The minimum atomic E-state index is -1.24. The van der Waals surface area contributed by atoms with Crippen molar-refractivity contribution < 1.29 is 32.9 Å². The number of carbonyl (C=O) groups excluding carboxylic acids is 1. The highest BCUT2D eigenvalue weighted by molar-refractivity contribution is 7.99. The number of carbonyl (C=O) groups is 1. The minimum Gasteiger partial charge on any atom is -0.504 e. The number of nitrogens with two attached hydrogens (primary N) is 1. The van der Waals surface area contributed by atoms with Crippen molar-refractivity contribution in [3.8, 4) is 28.9 Å². The van der Waals surface area contributed by atoms with E-state index in [4.69, 9.17) is 20.6 Å². The van der Waals surface area contributed by atoms with Crippen LogP contribution in [0.1, 0.15) is 23.7 Å². The van der Waals surface area contributed by atoms with Crippen molar-refractivity contribution in [2.24, 2.45) is 10.7 Å². The predicted molar refractivity (Wildman–Crippen MR) is 141 cm³/mol. The summed E-state index contributed by atoms with van der Waals surface area (Å²) in [7, 11) is 3.17. The number of phenolic OH excluding ortho intramolecular Hbond substituents is 1. The summed E-state index contributed by atoms with van der Waals surface area (Å²) in [5, 5.41) is 17.6. The molecule has 1 aliphatic heterocycles. The number of benzene rings is 2. The van der Waals surface area contributed by atoms with E-state index in [0.717, 1.165) is 11.1 Å². The van der Waals surface area contributed by atoms with Crippen molar-refractivity contribution in [3.05, 3.63) is 65.4 Å². The number of ether oxygens (including phenoxy) is 3. The quantitative estimate of drug-likeness (QED) is 0.141. The third-order valence-electron chi connectivity index (χ3n) is 5.68. The maximum atomic E-state index is 15.4. The normalized spacial score (nSPS) is 14.8. The second-order valence-corrected chi connectivity index (χ2v) is 9.54. The molecular weight excluding hydrogens is 532 g/mol. The number of esters is 1. The van der Waals surface area contributed by atoms with Crippen molar-refractivity contribution in [2.45, 2.75) is 17.5 Å². The molecule has 10 nitrogen and oxygen atoms in total. The van der Waals surface area contributed by atoms with Crippen molar-refractivity contribution >= 4 is 29.8 Å². The number of methoxy groups -OCH3 is 1. The Labute approximate surface area is 226 Å². The van der Waals surface area contributed by atoms with Crippen molar-refractivity contribution in [2.75, 3.05) is 26.5 Å². The molecule has 3 aromatic rings. The summed E-state index contributed by atoms with van der Waals surface area (Å²) in [6.45, 7) is 0.572. The number of aromatic hydroxyl groups is 1. The molecule has 1 aromatic heterocycles. The van der Waals surface area contributed by atoms with Gasteiger partial charge in [0.2, 0.25) is 11.6 Å². The van der Waals surface area contributed by atoms with Crippen LogP contribution in [0.5, 0.6) is 28.9 Å². The molecule has 4 N–H and O–H groups in total. The number of phenols is 1. The average Bonchev–Trinajstić information content (AvgIpc) is 3.35. The summed E-state index contributed by atoms with van der Waals surface area (Å²) >= 11 is 1.42. The van der Waals surface area contributed by atoms with Gasteiger partial charge in [-0.2, -0.15) is 4.39 Å². The molecule has 13 heteroatoms. The Hall–Kier alpha value is -4.23. The Morgan fingerprint density at radius 3 is 2.72 bits per heavy atom. The average molecular weight is 558 g/mol. The number of pyridine rings is 1. The van der Waals surface area contributed by atoms with Crippen LogP contribution in [0.3, 0.4) is 0 Å². The van der Waals surface area contributed by atoms with Gasteiger partial charge in [-0.1, -0.05) is 0 Å². The van der Waals surface area contributed by atoms with Crippen molar-refractivity contribution in [1.82, 2.24) is 9.88 Å². The zero-order valence-corrected chi connectivity index (χ0v) is 21.8. The van der Waals surface area contributed by atoms with Gasteiger partial charge in [-0.25, -0.2) is 9.37 Å². The smallest absolute Gasteiger partial charge is 0.306 e.